The number of aromatic nitrogens is 1. The number of halogens is 2. The van der Waals surface area contributed by atoms with Crippen LogP contribution >= 0.6 is 23.2 Å². The van der Waals surface area contributed by atoms with Gasteiger partial charge in [-0.1, -0.05) is 66.4 Å². The smallest absolute Gasteiger partial charge is 0.254 e. The highest BCUT2D eigenvalue weighted by atomic mass is 35.5. The fourth-order valence-corrected chi connectivity index (χ4v) is 7.51. The maximum atomic E-state index is 14.6. The highest BCUT2D eigenvalue weighted by Crippen LogP contribution is 2.48. The minimum absolute atomic E-state index is 0.0695. The van der Waals surface area contributed by atoms with Crippen molar-refractivity contribution in [3.05, 3.63) is 99.3 Å². The zero-order chi connectivity index (χ0) is 31.5. The first kappa shape index (κ1) is 31.5. The number of amides is 3. The largest absolute Gasteiger partial charge is 0.340 e. The number of benzene rings is 2. The molecule has 1 saturated heterocycles. The first-order valence-electron chi connectivity index (χ1n) is 15.5. The van der Waals surface area contributed by atoms with Crippen LogP contribution in [0.5, 0.6) is 0 Å². The van der Waals surface area contributed by atoms with Gasteiger partial charge in [0.2, 0.25) is 5.91 Å². The third kappa shape index (κ3) is 6.58. The number of piperazine rings is 1. The molecule has 6 rings (SSSR count). The van der Waals surface area contributed by atoms with E-state index in [1.54, 1.807) is 59.6 Å². The molecule has 1 saturated carbocycles. The van der Waals surface area contributed by atoms with E-state index in [9.17, 15) is 14.4 Å². The van der Waals surface area contributed by atoms with Crippen LogP contribution in [0.2, 0.25) is 10.0 Å². The number of likely N-dealkylation sites (N-methyl/N-ethyl adjacent to an activating group) is 1. The molecule has 1 aliphatic carbocycles. The van der Waals surface area contributed by atoms with Crippen molar-refractivity contribution in [2.45, 2.75) is 50.3 Å². The normalized spacial score (nSPS) is 23.8. The van der Waals surface area contributed by atoms with E-state index in [4.69, 9.17) is 28.0 Å². The number of pyridine rings is 1. The van der Waals surface area contributed by atoms with E-state index in [0.29, 0.717) is 58.4 Å². The number of hydroxylamine groups is 1. The van der Waals surface area contributed by atoms with Crippen LogP contribution in [0.25, 0.3) is 0 Å². The average Bonchev–Trinajstić information content (AvgIpc) is 3.05. The molecule has 2 aromatic carbocycles. The second-order valence-electron chi connectivity index (χ2n) is 12.1. The van der Waals surface area contributed by atoms with Crippen molar-refractivity contribution < 1.29 is 19.2 Å². The molecular formula is C34H37Cl2N5O4. The Bertz CT molecular complexity index is 1550. The summed E-state index contributed by atoms with van der Waals surface area (Å²) < 4.78 is 0. The molecule has 0 spiro atoms. The minimum atomic E-state index is -0.873. The monoisotopic (exact) mass is 649 g/mol. The van der Waals surface area contributed by atoms with Crippen molar-refractivity contribution in [3.63, 3.8) is 0 Å². The lowest BCUT2D eigenvalue weighted by atomic mass is 9.74. The van der Waals surface area contributed by atoms with Crippen molar-refractivity contribution in [1.29, 1.82) is 0 Å². The Balaban J connectivity index is 1.41. The van der Waals surface area contributed by atoms with Crippen molar-refractivity contribution in [3.8, 4) is 0 Å². The third-order valence-corrected chi connectivity index (χ3v) is 9.84. The molecule has 3 aromatic rings. The van der Waals surface area contributed by atoms with E-state index in [1.807, 2.05) is 17.0 Å². The molecule has 11 heteroatoms. The molecule has 4 unspecified atom stereocenters. The molecule has 2 aliphatic heterocycles. The van der Waals surface area contributed by atoms with Crippen LogP contribution in [0, 0.1) is 5.92 Å². The quantitative estimate of drug-likeness (QED) is 0.351. The topological polar surface area (TPSA) is 95.1 Å². The van der Waals surface area contributed by atoms with Gasteiger partial charge >= 0.3 is 0 Å². The van der Waals surface area contributed by atoms with Crippen LogP contribution in [0.3, 0.4) is 0 Å². The van der Waals surface area contributed by atoms with Crippen LogP contribution in [0.4, 0.5) is 0 Å². The first-order chi connectivity index (χ1) is 21.8. The summed E-state index contributed by atoms with van der Waals surface area (Å²) in [6.45, 7) is 2.99. The summed E-state index contributed by atoms with van der Waals surface area (Å²) >= 11 is 13.2. The van der Waals surface area contributed by atoms with Crippen LogP contribution in [0.1, 0.15) is 64.8 Å². The van der Waals surface area contributed by atoms with Gasteiger partial charge in [0.25, 0.3) is 11.8 Å². The molecule has 0 bridgehead atoms. The lowest BCUT2D eigenvalue weighted by molar-refractivity contribution is -0.142. The first-order valence-corrected chi connectivity index (χ1v) is 16.2. The lowest BCUT2D eigenvalue weighted by Gasteiger charge is -2.49. The number of rotatable bonds is 7. The molecule has 45 heavy (non-hydrogen) atoms. The van der Waals surface area contributed by atoms with Gasteiger partial charge in [-0.05, 0) is 61.3 Å². The van der Waals surface area contributed by atoms with Crippen LogP contribution in [-0.2, 0) is 21.0 Å². The van der Waals surface area contributed by atoms with E-state index in [1.165, 1.54) is 0 Å². The summed E-state index contributed by atoms with van der Waals surface area (Å²) in [4.78, 5) is 58.8. The molecule has 3 heterocycles. The molecule has 1 aromatic heterocycles. The molecule has 3 amide bonds. The standard InChI is InChI=1S/C34H37Cl2N5O4/c1-39-16-18-40(19-17-39)33(43)27-11-4-5-12-29(27)41-31(26-14-13-22(35)20-28(26)36)30(24-9-2-3-10-25(24)34(41)44)32(42)38-45-21-23-8-6-7-15-37-23/h2-3,6-10,13-15,20,27,29-31H,4-5,11-12,16-19,21H2,1H3,(H,38,42). The Kier molecular flexibility index (Phi) is 9.70. The van der Waals surface area contributed by atoms with E-state index in [2.05, 4.69) is 22.4 Å². The fraction of sp³-hybridized carbons (Fsp3) is 0.412. The molecular weight excluding hydrogens is 613 g/mol. The maximum Gasteiger partial charge on any atom is 0.254 e. The van der Waals surface area contributed by atoms with Gasteiger partial charge in [0, 0.05) is 54.0 Å². The predicted octanol–water partition coefficient (Wildman–Crippen LogP) is 5.25. The van der Waals surface area contributed by atoms with Crippen molar-refractivity contribution in [1.82, 2.24) is 25.2 Å². The zero-order valence-electron chi connectivity index (χ0n) is 25.2. The number of carbonyl (C=O) groups is 3. The Hall–Kier alpha value is -3.50. The summed E-state index contributed by atoms with van der Waals surface area (Å²) in [5.41, 5.74) is 4.88. The van der Waals surface area contributed by atoms with Gasteiger partial charge in [-0.15, -0.1) is 0 Å². The molecule has 236 valence electrons. The number of nitrogens with one attached hydrogen (secondary N) is 1. The zero-order valence-corrected chi connectivity index (χ0v) is 26.7. The summed E-state index contributed by atoms with van der Waals surface area (Å²) in [6.07, 6.45) is 4.74. The second-order valence-corrected chi connectivity index (χ2v) is 12.9. The minimum Gasteiger partial charge on any atom is -0.340 e. The van der Waals surface area contributed by atoms with Gasteiger partial charge in [-0.3, -0.25) is 24.2 Å². The molecule has 2 fully saturated rings. The van der Waals surface area contributed by atoms with Crippen molar-refractivity contribution in [2.24, 2.45) is 5.92 Å². The Labute approximate surface area is 273 Å². The SMILES string of the molecule is CN1CCN(C(=O)C2CCCCC2N2C(=O)c3ccccc3C(C(=O)NOCc3ccccn3)C2c2ccc(Cl)cc2Cl)CC1. The summed E-state index contributed by atoms with van der Waals surface area (Å²) in [5, 5.41) is 0.785. The maximum absolute atomic E-state index is 14.6. The van der Waals surface area contributed by atoms with Crippen LogP contribution in [-0.4, -0.2) is 76.7 Å². The fourth-order valence-electron chi connectivity index (χ4n) is 6.99. The predicted molar refractivity (Wildman–Crippen MR) is 172 cm³/mol. The number of carbonyl (C=O) groups excluding carboxylic acids is 3. The van der Waals surface area contributed by atoms with Gasteiger partial charge in [0.1, 0.15) is 6.61 Å². The van der Waals surface area contributed by atoms with E-state index in [0.717, 1.165) is 25.9 Å². The molecule has 0 radical (unpaired) electrons. The molecule has 9 nitrogen and oxygen atoms in total. The number of fused-ring (bicyclic) bond motifs is 1. The summed E-state index contributed by atoms with van der Waals surface area (Å²) in [6, 6.07) is 16.5. The highest BCUT2D eigenvalue weighted by Gasteiger charge is 2.50. The van der Waals surface area contributed by atoms with Crippen LogP contribution in [0.15, 0.2) is 66.9 Å². The average molecular weight is 651 g/mol. The van der Waals surface area contributed by atoms with E-state index >= 15 is 0 Å². The van der Waals surface area contributed by atoms with Gasteiger partial charge in [0.05, 0.1) is 23.6 Å². The van der Waals surface area contributed by atoms with Crippen LogP contribution < -0.4 is 5.48 Å². The van der Waals surface area contributed by atoms with Gasteiger partial charge < -0.3 is 14.7 Å². The van der Waals surface area contributed by atoms with Gasteiger partial charge in [-0.25, -0.2) is 5.48 Å². The highest BCUT2D eigenvalue weighted by molar-refractivity contribution is 6.35. The molecule has 1 N–H and O–H groups in total. The van der Waals surface area contributed by atoms with E-state index in [-0.39, 0.29) is 18.4 Å². The van der Waals surface area contributed by atoms with E-state index < -0.39 is 29.8 Å². The number of hydrogen-bond donors (Lipinski definition) is 1. The number of nitrogens with zero attached hydrogens (tertiary/aromatic N) is 4. The third-order valence-electron chi connectivity index (χ3n) is 9.28. The lowest BCUT2D eigenvalue weighted by Crippen LogP contribution is -2.58. The molecule has 3 aliphatic rings. The summed E-state index contributed by atoms with van der Waals surface area (Å²) in [7, 11) is 2.06. The Morgan fingerprint density at radius 1 is 0.956 bits per heavy atom. The van der Waals surface area contributed by atoms with Crippen molar-refractivity contribution in [2.75, 3.05) is 33.2 Å². The van der Waals surface area contributed by atoms with Crippen molar-refractivity contribution >= 4 is 40.9 Å². The molecule has 4 atom stereocenters. The Morgan fingerprint density at radius 3 is 2.47 bits per heavy atom. The number of hydrogen-bond acceptors (Lipinski definition) is 6. The second kappa shape index (κ2) is 13.9. The summed E-state index contributed by atoms with van der Waals surface area (Å²) in [5.74, 6) is -1.84. The Morgan fingerprint density at radius 2 is 1.71 bits per heavy atom. The van der Waals surface area contributed by atoms with Gasteiger partial charge in [-0.2, -0.15) is 0 Å². The van der Waals surface area contributed by atoms with Gasteiger partial charge in [0.15, 0.2) is 0 Å².